The average molecular weight is 284 g/mol. The summed E-state index contributed by atoms with van der Waals surface area (Å²) >= 11 is 0. The maximum absolute atomic E-state index is 13.1. The van der Waals surface area contributed by atoms with E-state index in [0.29, 0.717) is 5.69 Å². The van der Waals surface area contributed by atoms with E-state index >= 15 is 0 Å². The first-order valence-electron chi connectivity index (χ1n) is 6.03. The Kier molecular flexibility index (Phi) is 3.80. The second kappa shape index (κ2) is 5.24. The van der Waals surface area contributed by atoms with Gasteiger partial charge in [-0.15, -0.1) is 0 Å². The van der Waals surface area contributed by atoms with Crippen LogP contribution in [0.25, 0.3) is 0 Å². The summed E-state index contributed by atoms with van der Waals surface area (Å²) < 4.78 is 40.8. The van der Waals surface area contributed by atoms with E-state index in [1.165, 1.54) is 6.20 Å². The number of nitrogens with one attached hydrogen (secondary N) is 1. The molecule has 0 bridgehead atoms. The molecule has 108 valence electrons. The van der Waals surface area contributed by atoms with Crippen LogP contribution in [0.3, 0.4) is 0 Å². The highest BCUT2D eigenvalue weighted by molar-refractivity contribution is 5.35. The normalized spacial score (nSPS) is 13.5. The monoisotopic (exact) mass is 284 g/mol. The molecule has 0 saturated heterocycles. The van der Waals surface area contributed by atoms with Crippen molar-refractivity contribution in [2.24, 2.45) is 7.05 Å². The number of hydrogen-bond acceptors (Lipinski definition) is 3. The van der Waals surface area contributed by atoms with Gasteiger partial charge in [-0.05, 0) is 26.1 Å². The summed E-state index contributed by atoms with van der Waals surface area (Å²) in [5.41, 5.74) is 0.805. The Balaban J connectivity index is 2.56. The van der Waals surface area contributed by atoms with E-state index in [1.54, 1.807) is 31.8 Å². The van der Waals surface area contributed by atoms with Crippen molar-refractivity contribution >= 4 is 0 Å². The van der Waals surface area contributed by atoms with Gasteiger partial charge in [-0.25, -0.2) is 0 Å². The number of pyridine rings is 1. The molecule has 0 spiro atoms. The average Bonchev–Trinajstić information content (AvgIpc) is 2.69. The lowest BCUT2D eigenvalue weighted by Gasteiger charge is -2.21. The largest absolute Gasteiger partial charge is 0.416 e. The lowest BCUT2D eigenvalue weighted by Crippen LogP contribution is -2.24. The maximum Gasteiger partial charge on any atom is 0.416 e. The van der Waals surface area contributed by atoms with Crippen LogP contribution in [-0.4, -0.2) is 21.8 Å². The van der Waals surface area contributed by atoms with Gasteiger partial charge >= 0.3 is 6.18 Å². The van der Waals surface area contributed by atoms with Gasteiger partial charge in [0, 0.05) is 25.0 Å². The van der Waals surface area contributed by atoms with Crippen molar-refractivity contribution in [3.8, 4) is 0 Å². The SMILES string of the molecule is CNC(c1cnccc1C(F)(F)F)c1cc(C)nn1C. The molecule has 2 rings (SSSR count). The minimum atomic E-state index is -4.42. The van der Waals surface area contributed by atoms with Crippen LogP contribution >= 0.6 is 0 Å². The molecule has 4 nitrogen and oxygen atoms in total. The zero-order valence-corrected chi connectivity index (χ0v) is 11.4. The molecule has 0 aliphatic rings. The number of aromatic nitrogens is 3. The Morgan fingerprint density at radius 3 is 2.55 bits per heavy atom. The van der Waals surface area contributed by atoms with E-state index in [4.69, 9.17) is 0 Å². The highest BCUT2D eigenvalue weighted by Gasteiger charge is 2.36. The fourth-order valence-corrected chi connectivity index (χ4v) is 2.26. The minimum absolute atomic E-state index is 0.0884. The van der Waals surface area contributed by atoms with E-state index in [9.17, 15) is 13.2 Å². The first kappa shape index (κ1) is 14.5. The highest BCUT2D eigenvalue weighted by Crippen LogP contribution is 2.35. The van der Waals surface area contributed by atoms with Crippen molar-refractivity contribution in [1.82, 2.24) is 20.1 Å². The minimum Gasteiger partial charge on any atom is -0.308 e. The Labute approximate surface area is 114 Å². The van der Waals surface area contributed by atoms with Gasteiger partial charge in [0.05, 0.1) is 23.0 Å². The first-order chi connectivity index (χ1) is 9.34. The Bertz CT molecular complexity index is 604. The first-order valence-corrected chi connectivity index (χ1v) is 6.03. The van der Waals surface area contributed by atoms with Gasteiger partial charge < -0.3 is 5.32 Å². The van der Waals surface area contributed by atoms with Crippen LogP contribution < -0.4 is 5.32 Å². The van der Waals surface area contributed by atoms with Crippen molar-refractivity contribution in [3.05, 3.63) is 47.0 Å². The van der Waals surface area contributed by atoms with Crippen LogP contribution in [0.5, 0.6) is 0 Å². The van der Waals surface area contributed by atoms with Crippen molar-refractivity contribution in [2.75, 3.05) is 7.05 Å². The fourth-order valence-electron chi connectivity index (χ4n) is 2.26. The van der Waals surface area contributed by atoms with Crippen molar-refractivity contribution in [2.45, 2.75) is 19.1 Å². The molecule has 1 unspecified atom stereocenters. The predicted octanol–water partition coefficient (Wildman–Crippen LogP) is 2.45. The quantitative estimate of drug-likeness (QED) is 0.941. The summed E-state index contributed by atoms with van der Waals surface area (Å²) in [6, 6.07) is 2.13. The number of nitrogens with zero attached hydrogens (tertiary/aromatic N) is 3. The summed E-state index contributed by atoms with van der Waals surface area (Å²) in [4.78, 5) is 3.82. The number of rotatable bonds is 3. The molecule has 0 amide bonds. The van der Waals surface area contributed by atoms with Crippen molar-refractivity contribution in [1.29, 1.82) is 0 Å². The Morgan fingerprint density at radius 1 is 1.35 bits per heavy atom. The van der Waals surface area contributed by atoms with E-state index in [0.717, 1.165) is 18.0 Å². The van der Waals surface area contributed by atoms with Crippen LogP contribution in [0.1, 0.15) is 28.6 Å². The van der Waals surface area contributed by atoms with Crippen molar-refractivity contribution < 1.29 is 13.2 Å². The molecule has 1 atom stereocenters. The molecule has 2 heterocycles. The molecule has 1 N–H and O–H groups in total. The molecule has 0 radical (unpaired) electrons. The van der Waals surface area contributed by atoms with E-state index < -0.39 is 17.8 Å². The summed E-state index contributed by atoms with van der Waals surface area (Å²) in [5.74, 6) is 0. The highest BCUT2D eigenvalue weighted by atomic mass is 19.4. The zero-order valence-electron chi connectivity index (χ0n) is 11.4. The third-order valence-corrected chi connectivity index (χ3v) is 3.09. The Hall–Kier alpha value is -1.89. The van der Waals surface area contributed by atoms with E-state index in [2.05, 4.69) is 15.4 Å². The van der Waals surface area contributed by atoms with Crippen LogP contribution in [0.2, 0.25) is 0 Å². The summed E-state index contributed by atoms with van der Waals surface area (Å²) in [6.45, 7) is 1.80. The van der Waals surface area contributed by atoms with Gasteiger partial charge in [0.2, 0.25) is 0 Å². The van der Waals surface area contributed by atoms with E-state index in [-0.39, 0.29) is 5.56 Å². The maximum atomic E-state index is 13.1. The molecule has 0 saturated carbocycles. The van der Waals surface area contributed by atoms with E-state index in [1.807, 2.05) is 0 Å². The number of hydrogen-bond donors (Lipinski definition) is 1. The molecule has 0 aromatic carbocycles. The zero-order chi connectivity index (χ0) is 14.9. The fraction of sp³-hybridized carbons (Fsp3) is 0.385. The molecule has 20 heavy (non-hydrogen) atoms. The summed E-state index contributed by atoms with van der Waals surface area (Å²) in [7, 11) is 3.32. The van der Waals surface area contributed by atoms with Crippen LogP contribution in [0.4, 0.5) is 13.2 Å². The smallest absolute Gasteiger partial charge is 0.308 e. The lowest BCUT2D eigenvalue weighted by molar-refractivity contribution is -0.138. The number of alkyl halides is 3. The van der Waals surface area contributed by atoms with Gasteiger partial charge in [0.15, 0.2) is 0 Å². The topological polar surface area (TPSA) is 42.7 Å². The predicted molar refractivity (Wildman–Crippen MR) is 68.1 cm³/mol. The van der Waals surface area contributed by atoms with Gasteiger partial charge in [-0.3, -0.25) is 9.67 Å². The van der Waals surface area contributed by atoms with Crippen molar-refractivity contribution in [3.63, 3.8) is 0 Å². The lowest BCUT2D eigenvalue weighted by atomic mass is 9.99. The van der Waals surface area contributed by atoms with Gasteiger partial charge in [0.1, 0.15) is 0 Å². The molecule has 0 aliphatic carbocycles. The Morgan fingerprint density at radius 2 is 2.05 bits per heavy atom. The molecule has 7 heteroatoms. The molecular weight excluding hydrogens is 269 g/mol. The summed E-state index contributed by atoms with van der Waals surface area (Å²) in [6.07, 6.45) is -2.03. The third kappa shape index (κ3) is 2.67. The van der Waals surface area contributed by atoms with Gasteiger partial charge in [0.25, 0.3) is 0 Å². The molecular formula is C13H15F3N4. The molecule has 2 aromatic rings. The number of aryl methyl sites for hydroxylation is 2. The summed E-state index contributed by atoms with van der Waals surface area (Å²) in [5, 5.41) is 7.07. The molecule has 2 aromatic heterocycles. The molecule has 0 aliphatic heterocycles. The van der Waals surface area contributed by atoms with Gasteiger partial charge in [-0.1, -0.05) is 0 Å². The van der Waals surface area contributed by atoms with Gasteiger partial charge in [-0.2, -0.15) is 18.3 Å². The molecule has 0 fully saturated rings. The standard InChI is InChI=1S/C13H15F3N4/c1-8-6-11(20(3)19-8)12(17-2)9-7-18-5-4-10(9)13(14,15)16/h4-7,12,17H,1-3H3. The second-order valence-electron chi connectivity index (χ2n) is 4.52. The third-order valence-electron chi connectivity index (χ3n) is 3.09. The van der Waals surface area contributed by atoms with Crippen LogP contribution in [0.15, 0.2) is 24.5 Å². The van der Waals surface area contributed by atoms with Crippen LogP contribution in [0, 0.1) is 6.92 Å². The van der Waals surface area contributed by atoms with Crippen LogP contribution in [-0.2, 0) is 13.2 Å². The second-order valence-corrected chi connectivity index (χ2v) is 4.52. The number of halogens is 3.